The molecule has 2 saturated heterocycles. The highest BCUT2D eigenvalue weighted by Crippen LogP contribution is 2.17. The molecule has 2 rings (SSSR count). The average Bonchev–Trinajstić information content (AvgIpc) is 2.67. The second-order valence-electron chi connectivity index (χ2n) is 4.61. The number of carbonyl (C=O) groups excluding carboxylic acids is 1. The Morgan fingerprint density at radius 1 is 1.56 bits per heavy atom. The van der Waals surface area contributed by atoms with Crippen molar-refractivity contribution in [2.24, 2.45) is 0 Å². The molecule has 2 aliphatic rings. The van der Waals surface area contributed by atoms with Crippen LogP contribution in [-0.4, -0.2) is 56.4 Å². The number of carbonyl (C=O) groups is 1. The standard InChI is InChI=1S/C11H21N3O2/c1-12-6-9-4-2-3-5-14(9)8-10-7-13-11(15)16-10/h9-10,12H,2-8H2,1H3,(H,13,15). The van der Waals surface area contributed by atoms with Gasteiger partial charge < -0.3 is 15.4 Å². The van der Waals surface area contributed by atoms with E-state index >= 15 is 0 Å². The van der Waals surface area contributed by atoms with E-state index in [1.165, 1.54) is 19.3 Å². The molecule has 2 heterocycles. The minimum absolute atomic E-state index is 0.0324. The van der Waals surface area contributed by atoms with Crippen molar-refractivity contribution in [2.75, 3.05) is 33.2 Å². The third-order valence-electron chi connectivity index (χ3n) is 3.37. The van der Waals surface area contributed by atoms with Gasteiger partial charge in [0.15, 0.2) is 0 Å². The quantitative estimate of drug-likeness (QED) is 0.719. The number of hydrogen-bond acceptors (Lipinski definition) is 4. The molecule has 1 amide bonds. The van der Waals surface area contributed by atoms with Gasteiger partial charge >= 0.3 is 6.09 Å². The molecule has 92 valence electrons. The monoisotopic (exact) mass is 227 g/mol. The Balaban J connectivity index is 1.83. The van der Waals surface area contributed by atoms with Gasteiger partial charge in [0.2, 0.25) is 0 Å². The van der Waals surface area contributed by atoms with Crippen LogP contribution in [0.5, 0.6) is 0 Å². The van der Waals surface area contributed by atoms with E-state index < -0.39 is 0 Å². The summed E-state index contributed by atoms with van der Waals surface area (Å²) >= 11 is 0. The predicted molar refractivity (Wildman–Crippen MR) is 61.4 cm³/mol. The summed E-state index contributed by atoms with van der Waals surface area (Å²) in [4.78, 5) is 13.4. The van der Waals surface area contributed by atoms with Crippen molar-refractivity contribution < 1.29 is 9.53 Å². The molecule has 0 aromatic heterocycles. The van der Waals surface area contributed by atoms with Gasteiger partial charge in [-0.1, -0.05) is 6.42 Å². The van der Waals surface area contributed by atoms with Crippen molar-refractivity contribution in [3.05, 3.63) is 0 Å². The number of ether oxygens (including phenoxy) is 1. The van der Waals surface area contributed by atoms with E-state index in [0.29, 0.717) is 12.6 Å². The second kappa shape index (κ2) is 5.50. The minimum atomic E-state index is -0.271. The first-order chi connectivity index (χ1) is 7.79. The maximum Gasteiger partial charge on any atom is 0.407 e. The lowest BCUT2D eigenvalue weighted by Crippen LogP contribution is -2.48. The van der Waals surface area contributed by atoms with Crippen molar-refractivity contribution in [3.8, 4) is 0 Å². The summed E-state index contributed by atoms with van der Waals surface area (Å²) in [5.41, 5.74) is 0. The number of piperidine rings is 1. The fourth-order valence-corrected chi connectivity index (χ4v) is 2.56. The van der Waals surface area contributed by atoms with Crippen LogP contribution in [0.2, 0.25) is 0 Å². The number of nitrogens with zero attached hydrogens (tertiary/aromatic N) is 1. The van der Waals surface area contributed by atoms with Gasteiger partial charge in [-0.3, -0.25) is 4.90 Å². The van der Waals surface area contributed by atoms with Gasteiger partial charge in [0.05, 0.1) is 6.54 Å². The topological polar surface area (TPSA) is 53.6 Å². The van der Waals surface area contributed by atoms with Crippen molar-refractivity contribution in [3.63, 3.8) is 0 Å². The fraction of sp³-hybridized carbons (Fsp3) is 0.909. The van der Waals surface area contributed by atoms with E-state index in [4.69, 9.17) is 4.74 Å². The average molecular weight is 227 g/mol. The second-order valence-corrected chi connectivity index (χ2v) is 4.61. The van der Waals surface area contributed by atoms with Crippen LogP contribution < -0.4 is 10.6 Å². The Morgan fingerprint density at radius 3 is 3.12 bits per heavy atom. The number of rotatable bonds is 4. The van der Waals surface area contributed by atoms with Gasteiger partial charge in [-0.25, -0.2) is 4.79 Å². The van der Waals surface area contributed by atoms with Gasteiger partial charge in [-0.05, 0) is 26.4 Å². The fourth-order valence-electron chi connectivity index (χ4n) is 2.56. The molecular weight excluding hydrogens is 206 g/mol. The molecule has 2 N–H and O–H groups in total. The number of likely N-dealkylation sites (N-methyl/N-ethyl adjacent to an activating group) is 1. The van der Waals surface area contributed by atoms with E-state index in [0.717, 1.165) is 19.6 Å². The molecule has 0 bridgehead atoms. The Hall–Kier alpha value is -0.810. The van der Waals surface area contributed by atoms with E-state index in [1.54, 1.807) is 0 Å². The van der Waals surface area contributed by atoms with Crippen LogP contribution in [-0.2, 0) is 4.74 Å². The van der Waals surface area contributed by atoms with Gasteiger partial charge in [0.25, 0.3) is 0 Å². The first-order valence-electron chi connectivity index (χ1n) is 6.12. The summed E-state index contributed by atoms with van der Waals surface area (Å²) in [5.74, 6) is 0. The summed E-state index contributed by atoms with van der Waals surface area (Å²) in [6, 6.07) is 0.595. The lowest BCUT2D eigenvalue weighted by atomic mass is 10.0. The summed E-state index contributed by atoms with van der Waals surface area (Å²) < 4.78 is 5.18. The minimum Gasteiger partial charge on any atom is -0.443 e. The number of nitrogens with one attached hydrogen (secondary N) is 2. The van der Waals surface area contributed by atoms with E-state index in [-0.39, 0.29) is 12.2 Å². The number of likely N-dealkylation sites (tertiary alicyclic amines) is 1. The zero-order valence-corrected chi connectivity index (χ0v) is 9.87. The van der Waals surface area contributed by atoms with Crippen molar-refractivity contribution in [2.45, 2.75) is 31.4 Å². The van der Waals surface area contributed by atoms with Crippen molar-refractivity contribution in [1.29, 1.82) is 0 Å². The normalized spacial score (nSPS) is 31.2. The number of amides is 1. The maximum atomic E-state index is 10.9. The zero-order chi connectivity index (χ0) is 11.4. The van der Waals surface area contributed by atoms with Crippen LogP contribution in [0.25, 0.3) is 0 Å². The van der Waals surface area contributed by atoms with E-state index in [2.05, 4.69) is 15.5 Å². The Morgan fingerprint density at radius 2 is 2.44 bits per heavy atom. The van der Waals surface area contributed by atoms with Crippen LogP contribution >= 0.6 is 0 Å². The van der Waals surface area contributed by atoms with E-state index in [1.807, 2.05) is 7.05 Å². The SMILES string of the molecule is CNCC1CCCCN1CC1CNC(=O)O1. The largest absolute Gasteiger partial charge is 0.443 e. The molecule has 0 aliphatic carbocycles. The zero-order valence-electron chi connectivity index (χ0n) is 9.87. The lowest BCUT2D eigenvalue weighted by molar-refractivity contribution is 0.0730. The summed E-state index contributed by atoms with van der Waals surface area (Å²) in [7, 11) is 1.99. The van der Waals surface area contributed by atoms with Gasteiger partial charge in [0.1, 0.15) is 6.10 Å². The smallest absolute Gasteiger partial charge is 0.407 e. The van der Waals surface area contributed by atoms with Crippen molar-refractivity contribution in [1.82, 2.24) is 15.5 Å². The molecule has 5 heteroatoms. The van der Waals surface area contributed by atoms with Crippen LogP contribution in [0.3, 0.4) is 0 Å². The predicted octanol–water partition coefficient (Wildman–Crippen LogP) is 0.169. The number of alkyl carbamates (subject to hydrolysis) is 1. The first-order valence-corrected chi connectivity index (χ1v) is 6.12. The molecule has 16 heavy (non-hydrogen) atoms. The Labute approximate surface area is 96.5 Å². The van der Waals surface area contributed by atoms with Crippen molar-refractivity contribution >= 4 is 6.09 Å². The molecule has 0 radical (unpaired) electrons. The highest BCUT2D eigenvalue weighted by Gasteiger charge is 2.29. The van der Waals surface area contributed by atoms with E-state index in [9.17, 15) is 4.79 Å². The van der Waals surface area contributed by atoms with Gasteiger partial charge in [0, 0.05) is 19.1 Å². The first kappa shape index (κ1) is 11.7. The molecule has 2 atom stereocenters. The molecule has 0 saturated carbocycles. The van der Waals surface area contributed by atoms with Crippen LogP contribution in [0.1, 0.15) is 19.3 Å². The molecule has 2 unspecified atom stereocenters. The molecule has 0 aromatic rings. The molecule has 2 fully saturated rings. The Bertz CT molecular complexity index is 245. The Kier molecular flexibility index (Phi) is 4.01. The molecule has 0 spiro atoms. The molecular formula is C11H21N3O2. The van der Waals surface area contributed by atoms with Crippen LogP contribution in [0.15, 0.2) is 0 Å². The summed E-state index contributed by atoms with van der Waals surface area (Å²) in [5, 5.41) is 5.94. The maximum absolute atomic E-state index is 10.9. The number of cyclic esters (lactones) is 1. The highest BCUT2D eigenvalue weighted by atomic mass is 16.6. The summed E-state index contributed by atoms with van der Waals surface area (Å²) in [6.45, 7) is 3.67. The summed E-state index contributed by atoms with van der Waals surface area (Å²) in [6.07, 6.45) is 3.58. The molecule has 2 aliphatic heterocycles. The molecule has 5 nitrogen and oxygen atoms in total. The van der Waals surface area contributed by atoms with Crippen LogP contribution in [0, 0.1) is 0 Å². The molecule has 0 aromatic carbocycles. The highest BCUT2D eigenvalue weighted by molar-refractivity contribution is 5.69. The van der Waals surface area contributed by atoms with Gasteiger partial charge in [-0.2, -0.15) is 0 Å². The third kappa shape index (κ3) is 2.86. The van der Waals surface area contributed by atoms with Gasteiger partial charge in [-0.15, -0.1) is 0 Å². The lowest BCUT2D eigenvalue weighted by Gasteiger charge is -2.36. The van der Waals surface area contributed by atoms with Crippen LogP contribution in [0.4, 0.5) is 4.79 Å². The third-order valence-corrected chi connectivity index (χ3v) is 3.37. The number of hydrogen-bond donors (Lipinski definition) is 2.